The first-order valence-electron chi connectivity index (χ1n) is 3.95. The van der Waals surface area contributed by atoms with E-state index in [4.69, 9.17) is 4.74 Å². The smallest absolute Gasteiger partial charge is 0.119 e. The van der Waals surface area contributed by atoms with Crippen molar-refractivity contribution in [3.05, 3.63) is 37.0 Å². The van der Waals surface area contributed by atoms with Crippen LogP contribution in [0.25, 0.3) is 0 Å². The van der Waals surface area contributed by atoms with Crippen molar-refractivity contribution in [2.24, 2.45) is 0 Å². The van der Waals surface area contributed by atoms with Gasteiger partial charge in [-0.15, -0.1) is 6.58 Å². The average molecular weight is 166 g/mol. The van der Waals surface area contributed by atoms with Crippen LogP contribution in [0.1, 0.15) is 6.42 Å². The van der Waals surface area contributed by atoms with E-state index in [-0.39, 0.29) is 0 Å². The average Bonchev–Trinajstić information content (AvgIpc) is 2.10. The van der Waals surface area contributed by atoms with Crippen LogP contribution < -0.4 is 0 Å². The molecule has 1 aliphatic rings. The molecule has 0 saturated heterocycles. The van der Waals surface area contributed by atoms with Crippen LogP contribution in [0.2, 0.25) is 0 Å². The van der Waals surface area contributed by atoms with Gasteiger partial charge in [-0.05, 0) is 6.08 Å². The molecule has 2 nitrogen and oxygen atoms in total. The number of allylic oxidation sites excluding steroid dienone is 2. The maximum atomic E-state index is 9.64. The van der Waals surface area contributed by atoms with Gasteiger partial charge in [-0.2, -0.15) is 0 Å². The minimum absolute atomic E-state index is 0.578. The van der Waals surface area contributed by atoms with Crippen LogP contribution in [-0.4, -0.2) is 23.9 Å². The Hall–Kier alpha value is -0.860. The third-order valence-corrected chi connectivity index (χ3v) is 2.13. The Labute approximate surface area is 72.9 Å². The Kier molecular flexibility index (Phi) is 2.84. The zero-order valence-corrected chi connectivity index (χ0v) is 7.23. The summed E-state index contributed by atoms with van der Waals surface area (Å²) >= 11 is 0. The topological polar surface area (TPSA) is 29.5 Å². The van der Waals surface area contributed by atoms with Crippen LogP contribution in [0.15, 0.2) is 37.0 Å². The normalized spacial score (nSPS) is 33.7. The fraction of sp³-hybridized carbons (Fsp3) is 0.400. The summed E-state index contributed by atoms with van der Waals surface area (Å²) in [6.45, 7) is 3.63. The summed E-state index contributed by atoms with van der Waals surface area (Å²) in [7, 11) is 1.59. The highest BCUT2D eigenvalue weighted by Crippen LogP contribution is 2.26. The van der Waals surface area contributed by atoms with Crippen molar-refractivity contribution < 1.29 is 9.84 Å². The zero-order valence-electron chi connectivity index (χ0n) is 7.23. The van der Waals surface area contributed by atoms with Crippen molar-refractivity contribution >= 4 is 0 Å². The highest BCUT2D eigenvalue weighted by molar-refractivity contribution is 5.24. The maximum Gasteiger partial charge on any atom is 0.119 e. The van der Waals surface area contributed by atoms with Crippen LogP contribution in [0.3, 0.4) is 0 Å². The summed E-state index contributed by atoms with van der Waals surface area (Å²) in [5.41, 5.74) is -0.601. The zero-order chi connectivity index (χ0) is 9.03. The number of ether oxygens (including phenoxy) is 1. The van der Waals surface area contributed by atoms with E-state index in [1.165, 1.54) is 0 Å². The van der Waals surface area contributed by atoms with Crippen molar-refractivity contribution in [2.75, 3.05) is 7.11 Å². The number of rotatable bonds is 3. The largest absolute Gasteiger partial charge is 0.386 e. The summed E-state index contributed by atoms with van der Waals surface area (Å²) < 4.78 is 5.27. The Morgan fingerprint density at radius 2 is 2.42 bits per heavy atom. The lowest BCUT2D eigenvalue weighted by atomic mass is 9.89. The standard InChI is InChI=1S/C10H14O2/c1-3-7-10(12-2)8-5-4-6-9(10)11/h3-6,8-9,11H,1,7H2,2H3. The fourth-order valence-electron chi connectivity index (χ4n) is 1.34. The number of hydrogen-bond acceptors (Lipinski definition) is 2. The van der Waals surface area contributed by atoms with Gasteiger partial charge >= 0.3 is 0 Å². The van der Waals surface area contributed by atoms with Crippen molar-refractivity contribution in [2.45, 2.75) is 18.1 Å². The molecule has 0 amide bonds. The molecular formula is C10H14O2. The van der Waals surface area contributed by atoms with E-state index in [1.54, 1.807) is 19.3 Å². The molecule has 0 heterocycles. The molecule has 12 heavy (non-hydrogen) atoms. The second-order valence-corrected chi connectivity index (χ2v) is 2.84. The lowest BCUT2D eigenvalue weighted by molar-refractivity contribution is -0.0468. The second kappa shape index (κ2) is 3.70. The van der Waals surface area contributed by atoms with Gasteiger partial charge in [0.05, 0.1) is 0 Å². The van der Waals surface area contributed by atoms with Gasteiger partial charge < -0.3 is 9.84 Å². The van der Waals surface area contributed by atoms with Gasteiger partial charge in [-0.3, -0.25) is 0 Å². The number of aliphatic hydroxyl groups is 1. The molecule has 0 aromatic carbocycles. The van der Waals surface area contributed by atoms with Gasteiger partial charge in [0.2, 0.25) is 0 Å². The summed E-state index contributed by atoms with van der Waals surface area (Å²) in [5.74, 6) is 0. The quantitative estimate of drug-likeness (QED) is 0.643. The molecule has 0 saturated carbocycles. The van der Waals surface area contributed by atoms with Gasteiger partial charge in [0.25, 0.3) is 0 Å². The number of aliphatic hydroxyl groups excluding tert-OH is 1. The number of hydrogen-bond donors (Lipinski definition) is 1. The minimum atomic E-state index is -0.601. The second-order valence-electron chi connectivity index (χ2n) is 2.84. The third-order valence-electron chi connectivity index (χ3n) is 2.13. The molecule has 0 aliphatic heterocycles. The van der Waals surface area contributed by atoms with Gasteiger partial charge in [0.15, 0.2) is 0 Å². The van der Waals surface area contributed by atoms with Crippen LogP contribution in [-0.2, 0) is 4.74 Å². The van der Waals surface area contributed by atoms with Gasteiger partial charge in [0.1, 0.15) is 11.7 Å². The minimum Gasteiger partial charge on any atom is -0.386 e. The van der Waals surface area contributed by atoms with Crippen molar-refractivity contribution in [1.82, 2.24) is 0 Å². The Morgan fingerprint density at radius 1 is 1.67 bits per heavy atom. The van der Waals surface area contributed by atoms with E-state index < -0.39 is 11.7 Å². The molecule has 1 aliphatic carbocycles. The molecule has 1 N–H and O–H groups in total. The fourth-order valence-corrected chi connectivity index (χ4v) is 1.34. The molecule has 1 rings (SSSR count). The first kappa shape index (κ1) is 9.23. The summed E-state index contributed by atoms with van der Waals surface area (Å²) in [4.78, 5) is 0. The first-order valence-corrected chi connectivity index (χ1v) is 3.95. The molecule has 66 valence electrons. The Balaban J connectivity index is 2.83. The van der Waals surface area contributed by atoms with E-state index in [2.05, 4.69) is 6.58 Å². The molecule has 0 aromatic heterocycles. The van der Waals surface area contributed by atoms with E-state index >= 15 is 0 Å². The van der Waals surface area contributed by atoms with Crippen molar-refractivity contribution in [3.8, 4) is 0 Å². The lowest BCUT2D eigenvalue weighted by Gasteiger charge is -2.33. The maximum absolute atomic E-state index is 9.64. The molecule has 0 fully saturated rings. The Morgan fingerprint density at radius 3 is 2.92 bits per heavy atom. The molecule has 0 radical (unpaired) electrons. The summed E-state index contributed by atoms with van der Waals surface area (Å²) in [5, 5.41) is 9.64. The van der Waals surface area contributed by atoms with Crippen molar-refractivity contribution in [1.29, 1.82) is 0 Å². The third kappa shape index (κ3) is 1.49. The summed E-state index contributed by atoms with van der Waals surface area (Å²) in [6.07, 6.45) is 9.05. The van der Waals surface area contributed by atoms with Crippen LogP contribution in [0.5, 0.6) is 0 Å². The molecule has 2 atom stereocenters. The molecular weight excluding hydrogens is 152 g/mol. The van der Waals surface area contributed by atoms with Crippen LogP contribution >= 0.6 is 0 Å². The van der Waals surface area contributed by atoms with Crippen LogP contribution in [0.4, 0.5) is 0 Å². The molecule has 0 bridgehead atoms. The summed E-state index contributed by atoms with van der Waals surface area (Å²) in [6, 6.07) is 0. The molecule has 2 heteroatoms. The lowest BCUT2D eigenvalue weighted by Crippen LogP contribution is -2.41. The van der Waals surface area contributed by atoms with E-state index in [0.717, 1.165) is 0 Å². The number of methoxy groups -OCH3 is 1. The predicted octanol–water partition coefficient (Wildman–Crippen LogP) is 1.43. The predicted molar refractivity (Wildman–Crippen MR) is 48.8 cm³/mol. The molecule has 0 spiro atoms. The van der Waals surface area contributed by atoms with Gasteiger partial charge in [-0.1, -0.05) is 24.3 Å². The van der Waals surface area contributed by atoms with Gasteiger partial charge in [-0.25, -0.2) is 0 Å². The molecule has 0 aromatic rings. The van der Waals surface area contributed by atoms with Crippen LogP contribution in [0, 0.1) is 0 Å². The highest BCUT2D eigenvalue weighted by atomic mass is 16.5. The highest BCUT2D eigenvalue weighted by Gasteiger charge is 2.33. The van der Waals surface area contributed by atoms with E-state index in [9.17, 15) is 5.11 Å². The SMILES string of the molecule is C=CCC1(OC)C=CC=CC1O. The van der Waals surface area contributed by atoms with E-state index in [1.807, 2.05) is 18.2 Å². The van der Waals surface area contributed by atoms with E-state index in [0.29, 0.717) is 6.42 Å². The Bertz CT molecular complexity index is 218. The van der Waals surface area contributed by atoms with Crippen molar-refractivity contribution in [3.63, 3.8) is 0 Å². The first-order chi connectivity index (χ1) is 5.75. The monoisotopic (exact) mass is 166 g/mol. The van der Waals surface area contributed by atoms with Gasteiger partial charge in [0, 0.05) is 13.5 Å². The molecule has 2 unspecified atom stereocenters.